The van der Waals surface area contributed by atoms with Gasteiger partial charge in [0.05, 0.1) is 0 Å². The first-order valence-electron chi connectivity index (χ1n) is 19.9. The standard InChI is InChI=1S/C24BF20.C24H22IS2/c26-5-1(6(27)14(35)21(42)13(5)34)25(2-7(28)15(36)22(43)16(37)8(2)29,3-9(30)17(38)23(44)18(39)10(3)31)4-11(32)19(40)24(45)20(41)12(4)33;1-15-7-5-9-19(17(15)3)21-11-13-26-23(21)25-24-22(12-14-27-24)20-10-6-8-16(2)18(20)4/h;5-14H,1-4H3/q-1;+1. The highest BCUT2D eigenvalue weighted by molar-refractivity contribution is 7.20. The molecule has 24 heteroatoms. The van der Waals surface area contributed by atoms with Crippen molar-refractivity contribution in [3.05, 3.63) is 204 Å². The lowest BCUT2D eigenvalue weighted by atomic mass is 9.12. The van der Waals surface area contributed by atoms with E-state index in [1.54, 1.807) is 5.77 Å². The zero-order chi connectivity index (χ0) is 53.3. The Kier molecular flexibility index (Phi) is 15.1. The van der Waals surface area contributed by atoms with E-state index in [0.717, 1.165) is 0 Å². The highest BCUT2D eigenvalue weighted by Crippen LogP contribution is 2.33. The number of hydrogen-bond donors (Lipinski definition) is 0. The predicted molar refractivity (Wildman–Crippen MR) is 225 cm³/mol. The molecule has 6 aromatic carbocycles. The van der Waals surface area contributed by atoms with E-state index in [-0.39, 0.29) is 21.2 Å². The molecule has 0 saturated heterocycles. The third kappa shape index (κ3) is 8.42. The van der Waals surface area contributed by atoms with Crippen LogP contribution in [0.15, 0.2) is 59.3 Å². The smallest absolute Gasteiger partial charge is 0.207 e. The van der Waals surface area contributed by atoms with Crippen LogP contribution in [-0.4, -0.2) is 6.15 Å². The third-order valence-electron chi connectivity index (χ3n) is 11.9. The number of rotatable bonds is 8. The van der Waals surface area contributed by atoms with E-state index in [1.807, 2.05) is 22.7 Å². The van der Waals surface area contributed by atoms with Crippen molar-refractivity contribution in [3.63, 3.8) is 0 Å². The van der Waals surface area contributed by atoms with E-state index >= 15 is 35.1 Å². The Hall–Kier alpha value is -5.89. The van der Waals surface area contributed by atoms with Crippen molar-refractivity contribution in [2.24, 2.45) is 0 Å². The number of halogens is 21. The molecule has 0 aliphatic heterocycles. The maximum absolute atomic E-state index is 15.4. The maximum Gasteiger partial charge on any atom is 0.383 e. The summed E-state index contributed by atoms with van der Waals surface area (Å²) < 4.78 is 297. The van der Waals surface area contributed by atoms with Crippen molar-refractivity contribution in [3.8, 4) is 22.3 Å². The Bertz CT molecular complexity index is 3050. The molecule has 2 aromatic heterocycles. The summed E-state index contributed by atoms with van der Waals surface area (Å²) in [6, 6.07) is 18.0. The fraction of sp³-hybridized carbons (Fsp3) is 0.0833. The minimum atomic E-state index is -7.22. The second kappa shape index (κ2) is 20.2. The molecule has 0 unspecified atom stereocenters. The van der Waals surface area contributed by atoms with Gasteiger partial charge >= 0.3 is 21.2 Å². The topological polar surface area (TPSA) is 0 Å². The SMILES string of the molecule is Cc1cccc(-c2ccsc2[I+]c2sccc2-c2cccc(C)c2C)c1C.Fc1c(F)c(F)c([B-](c2c(F)c(F)c(F)c(F)c2F)(c2c(F)c(F)c(F)c(F)c2F)c2c(F)c(F)c(F)c(F)c2F)c(F)c1F. The zero-order valence-corrected chi connectivity index (χ0v) is 39.9. The van der Waals surface area contributed by atoms with Gasteiger partial charge in [0.1, 0.15) is 52.7 Å². The fourth-order valence-corrected chi connectivity index (χ4v) is 14.5. The van der Waals surface area contributed by atoms with E-state index in [9.17, 15) is 52.7 Å². The van der Waals surface area contributed by atoms with E-state index < -0.39 is 144 Å². The largest absolute Gasteiger partial charge is 0.383 e. The first kappa shape index (κ1) is 53.9. The molecule has 0 bridgehead atoms. The van der Waals surface area contributed by atoms with Gasteiger partial charge in [-0.2, -0.15) is 0 Å². The summed E-state index contributed by atoms with van der Waals surface area (Å²) in [5.41, 5.74) is -3.10. The van der Waals surface area contributed by atoms with Crippen LogP contribution in [0.3, 0.4) is 0 Å². The van der Waals surface area contributed by atoms with Crippen LogP contribution in [0.25, 0.3) is 22.3 Å². The maximum atomic E-state index is 15.4. The normalized spacial score (nSPS) is 11.7. The molecule has 0 aliphatic carbocycles. The van der Waals surface area contributed by atoms with Gasteiger partial charge in [-0.15, -0.1) is 21.9 Å². The highest BCUT2D eigenvalue weighted by atomic mass is 127. The molecule has 72 heavy (non-hydrogen) atoms. The number of aryl methyl sites for hydroxylation is 2. The first-order chi connectivity index (χ1) is 33.8. The lowest BCUT2D eigenvalue weighted by Gasteiger charge is -2.44. The Morgan fingerprint density at radius 1 is 0.292 bits per heavy atom. The van der Waals surface area contributed by atoms with E-state index in [1.165, 1.54) is 44.5 Å². The molecule has 376 valence electrons. The molecule has 0 atom stereocenters. The Labute approximate surface area is 411 Å². The number of hydrogen-bond acceptors (Lipinski definition) is 2. The quantitative estimate of drug-likeness (QED) is 0.0468. The molecule has 0 N–H and O–H groups in total. The van der Waals surface area contributed by atoms with Gasteiger partial charge in [-0.25, -0.2) is 87.8 Å². The molecule has 0 saturated carbocycles. The van der Waals surface area contributed by atoms with Crippen LogP contribution in [-0.2, 0) is 0 Å². The van der Waals surface area contributed by atoms with Crippen LogP contribution >= 0.6 is 22.7 Å². The van der Waals surface area contributed by atoms with Crippen molar-refractivity contribution in [1.82, 2.24) is 0 Å². The molecule has 0 fully saturated rings. The summed E-state index contributed by atoms with van der Waals surface area (Å²) in [4.78, 5) is 0. The lowest BCUT2D eigenvalue weighted by molar-refractivity contribution is -0.583. The molecule has 0 radical (unpaired) electrons. The van der Waals surface area contributed by atoms with Crippen molar-refractivity contribution in [2.75, 3.05) is 0 Å². The summed E-state index contributed by atoms with van der Waals surface area (Å²) in [5, 5.41) is 4.52. The lowest BCUT2D eigenvalue weighted by Crippen LogP contribution is -3.61. The summed E-state index contributed by atoms with van der Waals surface area (Å²) in [6.07, 6.45) is -7.22. The summed E-state index contributed by atoms with van der Waals surface area (Å²) in [7, 11) is 0. The third-order valence-corrected chi connectivity index (χ3v) is 18.0. The van der Waals surface area contributed by atoms with Crippen LogP contribution < -0.4 is 43.1 Å². The minimum absolute atomic E-state index is 0.199. The Morgan fingerprint density at radius 2 is 0.514 bits per heavy atom. The molecular weight excluding hydrogens is 1160 g/mol. The van der Waals surface area contributed by atoms with Gasteiger partial charge in [0.25, 0.3) is 5.77 Å². The molecular formula is C48H22BF20IS2. The average Bonchev–Trinajstić information content (AvgIpc) is 4.03. The number of benzene rings is 6. The second-order valence-corrected chi connectivity index (χ2v) is 21.6. The van der Waals surface area contributed by atoms with E-state index in [4.69, 9.17) is 0 Å². The molecule has 8 rings (SSSR count). The molecule has 0 aliphatic rings. The van der Waals surface area contributed by atoms with Crippen LogP contribution in [0.5, 0.6) is 0 Å². The molecule has 2 heterocycles. The summed E-state index contributed by atoms with van der Waals surface area (Å²) in [5.74, 6) is -71.4. The van der Waals surface area contributed by atoms with E-state index in [0.29, 0.717) is 0 Å². The second-order valence-electron chi connectivity index (χ2n) is 15.6. The van der Waals surface area contributed by atoms with Crippen molar-refractivity contribution in [2.45, 2.75) is 27.7 Å². The van der Waals surface area contributed by atoms with Crippen LogP contribution in [0.2, 0.25) is 0 Å². The van der Waals surface area contributed by atoms with Gasteiger partial charge in [0.15, 0.2) is 69.8 Å². The zero-order valence-electron chi connectivity index (χ0n) is 36.1. The van der Waals surface area contributed by atoms with Crippen LogP contribution in [0, 0.1) is 150 Å². The Morgan fingerprint density at radius 3 is 0.750 bits per heavy atom. The van der Waals surface area contributed by atoms with Gasteiger partial charge in [-0.05, 0) is 84.0 Å². The summed E-state index contributed by atoms with van der Waals surface area (Å²) in [6.45, 7) is 8.91. The van der Waals surface area contributed by atoms with Gasteiger partial charge in [0.2, 0.25) is 0 Å². The average molecular weight is 1180 g/mol. The Balaban J connectivity index is 0.000000238. The number of thiophene rings is 2. The van der Waals surface area contributed by atoms with Crippen molar-refractivity contribution < 1.29 is 109 Å². The molecule has 0 spiro atoms. The van der Waals surface area contributed by atoms with Gasteiger partial charge in [-0.3, -0.25) is 0 Å². The van der Waals surface area contributed by atoms with E-state index in [2.05, 4.69) is 87.0 Å². The van der Waals surface area contributed by atoms with Crippen LogP contribution in [0.4, 0.5) is 87.8 Å². The van der Waals surface area contributed by atoms with Gasteiger partial charge in [0, 0.05) is 11.1 Å². The fourth-order valence-electron chi connectivity index (χ4n) is 8.16. The van der Waals surface area contributed by atoms with Crippen LogP contribution in [0.1, 0.15) is 22.3 Å². The van der Waals surface area contributed by atoms with Crippen molar-refractivity contribution >= 4 is 50.7 Å². The van der Waals surface area contributed by atoms with Crippen molar-refractivity contribution in [1.29, 1.82) is 0 Å². The molecule has 0 nitrogen and oxygen atoms in total. The highest BCUT2D eigenvalue weighted by Gasteiger charge is 2.52. The predicted octanol–water partition coefficient (Wildman–Crippen LogP) is 10.4. The molecule has 8 aromatic rings. The minimum Gasteiger partial charge on any atom is -0.207 e. The monoisotopic (exact) mass is 1180 g/mol. The van der Waals surface area contributed by atoms with Gasteiger partial charge in [-0.1, -0.05) is 59.1 Å². The molecule has 0 amide bonds. The summed E-state index contributed by atoms with van der Waals surface area (Å²) >= 11 is 3.65. The van der Waals surface area contributed by atoms with Gasteiger partial charge < -0.3 is 0 Å². The first-order valence-corrected chi connectivity index (χ1v) is 23.8.